The second-order valence-electron chi connectivity index (χ2n) is 4.73. The van der Waals surface area contributed by atoms with Crippen LogP contribution in [0.3, 0.4) is 0 Å². The van der Waals surface area contributed by atoms with Crippen LogP contribution in [0.4, 0.5) is 11.9 Å². The van der Waals surface area contributed by atoms with Gasteiger partial charge < -0.3 is 15.0 Å². The normalized spacial score (nSPS) is 12.0. The Hall–Kier alpha value is -1.24. The third-order valence-electron chi connectivity index (χ3n) is 3.10. The van der Waals surface area contributed by atoms with Gasteiger partial charge in [-0.05, 0) is 26.0 Å². The van der Waals surface area contributed by atoms with Gasteiger partial charge in [-0.15, -0.1) is 0 Å². The number of ether oxygens (including phenoxy) is 1. The minimum Gasteiger partial charge on any atom is -0.464 e. The Morgan fingerprint density at radius 1 is 1.24 bits per heavy atom. The predicted octanol–water partition coefficient (Wildman–Crippen LogP) is 2.67. The summed E-state index contributed by atoms with van der Waals surface area (Å²) in [6.07, 6.45) is 4.18. The van der Waals surface area contributed by atoms with E-state index in [9.17, 15) is 0 Å². The van der Waals surface area contributed by atoms with Crippen molar-refractivity contribution in [2.45, 2.75) is 39.7 Å². The summed E-state index contributed by atoms with van der Waals surface area (Å²) in [5.74, 6) is 2.28. The van der Waals surface area contributed by atoms with Crippen LogP contribution in [0.1, 0.15) is 33.6 Å². The number of nitrogens with zero attached hydrogens (tertiary/aromatic N) is 4. The first-order chi connectivity index (χ1) is 10.2. The SMILES string of the molecule is CCCNc1nc(OCC)nc(N(C)C(CC)CSC)n1. The van der Waals surface area contributed by atoms with Gasteiger partial charge in [0.15, 0.2) is 0 Å². The van der Waals surface area contributed by atoms with E-state index in [-0.39, 0.29) is 0 Å². The summed E-state index contributed by atoms with van der Waals surface area (Å²) in [5.41, 5.74) is 0. The van der Waals surface area contributed by atoms with E-state index in [2.05, 4.69) is 45.3 Å². The van der Waals surface area contributed by atoms with Gasteiger partial charge in [0.25, 0.3) is 0 Å². The molecule has 120 valence electrons. The van der Waals surface area contributed by atoms with E-state index in [1.54, 1.807) is 0 Å². The first kappa shape index (κ1) is 17.8. The standard InChI is InChI=1S/C14H27N5OS/c1-6-9-15-12-16-13(18-14(17-12)20-8-3)19(4)11(7-2)10-21-5/h11H,6-10H2,1-5H3,(H,15,16,17,18). The van der Waals surface area contributed by atoms with E-state index in [0.717, 1.165) is 25.1 Å². The van der Waals surface area contributed by atoms with Crippen molar-refractivity contribution in [3.8, 4) is 6.01 Å². The van der Waals surface area contributed by atoms with Gasteiger partial charge in [0.2, 0.25) is 11.9 Å². The number of thioether (sulfide) groups is 1. The van der Waals surface area contributed by atoms with Gasteiger partial charge in [-0.3, -0.25) is 0 Å². The van der Waals surface area contributed by atoms with Crippen molar-refractivity contribution in [2.24, 2.45) is 0 Å². The molecule has 0 spiro atoms. The Morgan fingerprint density at radius 2 is 2.00 bits per heavy atom. The summed E-state index contributed by atoms with van der Waals surface area (Å²) in [7, 11) is 2.03. The van der Waals surface area contributed by atoms with E-state index in [1.165, 1.54) is 0 Å². The van der Waals surface area contributed by atoms with Crippen LogP contribution in [0.25, 0.3) is 0 Å². The molecular weight excluding hydrogens is 286 g/mol. The van der Waals surface area contributed by atoms with Gasteiger partial charge in [0.1, 0.15) is 0 Å². The second-order valence-corrected chi connectivity index (χ2v) is 5.64. The highest BCUT2D eigenvalue weighted by molar-refractivity contribution is 7.98. The average molecular weight is 313 g/mol. The van der Waals surface area contributed by atoms with Crippen LogP contribution >= 0.6 is 11.8 Å². The molecule has 1 aromatic heterocycles. The third-order valence-corrected chi connectivity index (χ3v) is 3.82. The van der Waals surface area contributed by atoms with Crippen molar-refractivity contribution >= 4 is 23.7 Å². The fraction of sp³-hybridized carbons (Fsp3) is 0.786. The third kappa shape index (κ3) is 5.57. The van der Waals surface area contributed by atoms with Crippen molar-refractivity contribution in [3.63, 3.8) is 0 Å². The molecule has 0 radical (unpaired) electrons. The summed E-state index contributed by atoms with van der Waals surface area (Å²) in [6, 6.07) is 0.780. The van der Waals surface area contributed by atoms with Crippen LogP contribution in [0.15, 0.2) is 0 Å². The van der Waals surface area contributed by atoms with E-state index in [4.69, 9.17) is 4.74 Å². The van der Waals surface area contributed by atoms with E-state index >= 15 is 0 Å². The summed E-state index contributed by atoms with van der Waals surface area (Å²) >= 11 is 1.83. The lowest BCUT2D eigenvalue weighted by Gasteiger charge is -2.27. The molecule has 1 heterocycles. The molecule has 1 atom stereocenters. The Balaban J connectivity index is 2.99. The molecule has 0 saturated carbocycles. The molecule has 6 nitrogen and oxygen atoms in total. The average Bonchev–Trinajstić information content (AvgIpc) is 2.50. The molecule has 0 aliphatic rings. The van der Waals surface area contributed by atoms with Crippen molar-refractivity contribution in [2.75, 3.05) is 42.4 Å². The van der Waals surface area contributed by atoms with Crippen LogP contribution in [-0.2, 0) is 0 Å². The zero-order valence-corrected chi connectivity index (χ0v) is 14.5. The first-order valence-corrected chi connectivity index (χ1v) is 8.90. The molecule has 21 heavy (non-hydrogen) atoms. The van der Waals surface area contributed by atoms with Crippen molar-refractivity contribution in [1.82, 2.24) is 15.0 Å². The molecule has 0 aromatic carbocycles. The highest BCUT2D eigenvalue weighted by Crippen LogP contribution is 2.18. The summed E-state index contributed by atoms with van der Waals surface area (Å²) in [4.78, 5) is 15.3. The maximum atomic E-state index is 5.46. The Kier molecular flexibility index (Phi) is 8.19. The molecule has 0 aliphatic carbocycles. The maximum Gasteiger partial charge on any atom is 0.323 e. The molecule has 1 rings (SSSR count). The Labute approximate surface area is 132 Å². The van der Waals surface area contributed by atoms with Gasteiger partial charge in [0, 0.05) is 25.4 Å². The van der Waals surface area contributed by atoms with Crippen LogP contribution in [0.2, 0.25) is 0 Å². The zero-order chi connectivity index (χ0) is 15.7. The van der Waals surface area contributed by atoms with Crippen LogP contribution < -0.4 is 15.0 Å². The lowest BCUT2D eigenvalue weighted by atomic mass is 10.2. The lowest BCUT2D eigenvalue weighted by Crippen LogP contribution is -2.34. The topological polar surface area (TPSA) is 63.2 Å². The quantitative estimate of drug-likeness (QED) is 0.712. The summed E-state index contributed by atoms with van der Waals surface area (Å²) in [5, 5.41) is 3.20. The lowest BCUT2D eigenvalue weighted by molar-refractivity contribution is 0.312. The molecule has 0 saturated heterocycles. The van der Waals surface area contributed by atoms with Crippen LogP contribution in [-0.4, -0.2) is 53.2 Å². The Morgan fingerprint density at radius 3 is 2.57 bits per heavy atom. The molecule has 1 aromatic rings. The highest BCUT2D eigenvalue weighted by Gasteiger charge is 2.17. The number of rotatable bonds is 10. The molecule has 0 aliphatic heterocycles. The molecular formula is C14H27N5OS. The number of anilines is 2. The fourth-order valence-electron chi connectivity index (χ4n) is 1.87. The number of aromatic nitrogens is 3. The van der Waals surface area contributed by atoms with Gasteiger partial charge in [-0.25, -0.2) is 0 Å². The molecule has 0 fully saturated rings. The van der Waals surface area contributed by atoms with Crippen molar-refractivity contribution < 1.29 is 4.74 Å². The van der Waals surface area contributed by atoms with Crippen molar-refractivity contribution in [1.29, 1.82) is 0 Å². The molecule has 0 amide bonds. The Bertz CT molecular complexity index is 418. The number of nitrogens with one attached hydrogen (secondary N) is 1. The predicted molar refractivity (Wildman–Crippen MR) is 90.6 cm³/mol. The number of hydrogen-bond acceptors (Lipinski definition) is 7. The van der Waals surface area contributed by atoms with Crippen molar-refractivity contribution in [3.05, 3.63) is 0 Å². The maximum absolute atomic E-state index is 5.46. The molecule has 1 N–H and O–H groups in total. The zero-order valence-electron chi connectivity index (χ0n) is 13.7. The van der Waals surface area contributed by atoms with Gasteiger partial charge in [-0.2, -0.15) is 26.7 Å². The van der Waals surface area contributed by atoms with E-state index < -0.39 is 0 Å². The monoisotopic (exact) mass is 313 g/mol. The molecule has 7 heteroatoms. The van der Waals surface area contributed by atoms with E-state index in [1.807, 2.05) is 25.7 Å². The minimum absolute atomic E-state index is 0.381. The smallest absolute Gasteiger partial charge is 0.323 e. The largest absolute Gasteiger partial charge is 0.464 e. The van der Waals surface area contributed by atoms with Crippen LogP contribution in [0.5, 0.6) is 6.01 Å². The second kappa shape index (κ2) is 9.65. The summed E-state index contributed by atoms with van der Waals surface area (Å²) < 4.78 is 5.46. The van der Waals surface area contributed by atoms with Gasteiger partial charge >= 0.3 is 6.01 Å². The molecule has 0 bridgehead atoms. The van der Waals surface area contributed by atoms with Gasteiger partial charge in [0.05, 0.1) is 6.61 Å². The first-order valence-electron chi connectivity index (χ1n) is 7.50. The fourth-order valence-corrected chi connectivity index (χ4v) is 2.72. The molecule has 1 unspecified atom stereocenters. The highest BCUT2D eigenvalue weighted by atomic mass is 32.2. The minimum atomic E-state index is 0.381. The summed E-state index contributed by atoms with van der Waals surface area (Å²) in [6.45, 7) is 7.59. The van der Waals surface area contributed by atoms with E-state index in [0.29, 0.717) is 30.6 Å². The van der Waals surface area contributed by atoms with Gasteiger partial charge in [-0.1, -0.05) is 13.8 Å². The number of hydrogen-bond donors (Lipinski definition) is 1. The van der Waals surface area contributed by atoms with Crippen LogP contribution in [0, 0.1) is 0 Å².